The number of ether oxygens (including phenoxy) is 3. The van der Waals surface area contributed by atoms with E-state index in [1.54, 1.807) is 0 Å². The van der Waals surface area contributed by atoms with Crippen molar-refractivity contribution in [2.75, 3.05) is 21.3 Å². The normalized spacial score (nSPS) is 16.8. The zero-order valence-electron chi connectivity index (χ0n) is 28.7. The SMILES string of the molecule is CCc1c(C)c2[nH]c1=Cc1[nH]c(c(C(=O)OC)c1C)C(CC(=O)OC)=C1NC(=Cc3[nH]c(c(CN=O)c3C)C=2)C(C)C1CCC(=O)OC. The summed E-state index contributed by atoms with van der Waals surface area (Å²) in [4.78, 5) is 61.0. The number of carbonyl (C=O) groups excluding carboxylic acids is 3. The maximum absolute atomic E-state index is 13.5. The summed E-state index contributed by atoms with van der Waals surface area (Å²) in [6.45, 7) is 9.96. The number of aromatic amines is 3. The van der Waals surface area contributed by atoms with E-state index in [4.69, 9.17) is 14.2 Å². The van der Waals surface area contributed by atoms with E-state index in [2.05, 4.69) is 32.4 Å². The molecule has 48 heavy (non-hydrogen) atoms. The fourth-order valence-electron chi connectivity index (χ4n) is 7.00. The lowest BCUT2D eigenvalue weighted by atomic mass is 9.85. The molecule has 1 fully saturated rings. The first kappa shape index (κ1) is 34.2. The maximum atomic E-state index is 13.5. The number of methoxy groups -OCH3 is 3. The Hall–Kier alpha value is -5.13. The molecule has 0 amide bonds. The number of rotatable bonds is 9. The Morgan fingerprint density at radius 3 is 2.15 bits per heavy atom. The van der Waals surface area contributed by atoms with Crippen molar-refractivity contribution >= 4 is 41.7 Å². The van der Waals surface area contributed by atoms with Gasteiger partial charge in [-0.25, -0.2) is 4.79 Å². The highest BCUT2D eigenvalue weighted by molar-refractivity contribution is 6.00. The van der Waals surface area contributed by atoms with Gasteiger partial charge in [-0.3, -0.25) is 9.59 Å². The number of aromatic nitrogens is 3. The van der Waals surface area contributed by atoms with Gasteiger partial charge in [0, 0.05) is 68.6 Å². The van der Waals surface area contributed by atoms with Gasteiger partial charge in [-0.2, -0.15) is 4.91 Å². The summed E-state index contributed by atoms with van der Waals surface area (Å²) >= 11 is 0. The maximum Gasteiger partial charge on any atom is 0.340 e. The molecule has 3 aromatic rings. The van der Waals surface area contributed by atoms with Crippen molar-refractivity contribution in [1.29, 1.82) is 0 Å². The average molecular weight is 658 g/mol. The number of esters is 3. The summed E-state index contributed by atoms with van der Waals surface area (Å²) < 4.78 is 15.4. The number of nitroso groups, excluding NO2 is 1. The van der Waals surface area contributed by atoms with Crippen molar-refractivity contribution in [2.45, 2.75) is 66.8 Å². The van der Waals surface area contributed by atoms with Gasteiger partial charge in [0.25, 0.3) is 0 Å². The Morgan fingerprint density at radius 2 is 1.50 bits per heavy atom. The highest BCUT2D eigenvalue weighted by atomic mass is 16.5. The van der Waals surface area contributed by atoms with Crippen LogP contribution in [-0.2, 0) is 36.8 Å². The highest BCUT2D eigenvalue weighted by Crippen LogP contribution is 2.43. The molecule has 12 heteroatoms. The van der Waals surface area contributed by atoms with Crippen LogP contribution in [0.4, 0.5) is 0 Å². The van der Waals surface area contributed by atoms with Crippen molar-refractivity contribution in [2.24, 2.45) is 17.0 Å². The lowest BCUT2D eigenvalue weighted by Gasteiger charge is -2.19. The van der Waals surface area contributed by atoms with Gasteiger partial charge in [-0.1, -0.05) is 19.0 Å². The molecule has 1 saturated heterocycles. The van der Waals surface area contributed by atoms with Crippen molar-refractivity contribution in [1.82, 2.24) is 20.3 Å². The molecular weight excluding hydrogens is 614 g/mol. The summed E-state index contributed by atoms with van der Waals surface area (Å²) in [6.07, 6.45) is 7.11. The number of nitrogens with zero attached hydrogens (tertiary/aromatic N) is 1. The van der Waals surface area contributed by atoms with Crippen LogP contribution in [-0.4, -0.2) is 54.2 Å². The number of H-pyrrole nitrogens is 3. The number of hydrogen-bond acceptors (Lipinski definition) is 9. The molecule has 0 aromatic carbocycles. The molecule has 2 atom stereocenters. The third-order valence-corrected chi connectivity index (χ3v) is 9.84. The molecule has 12 nitrogen and oxygen atoms in total. The molecule has 0 radical (unpaired) electrons. The van der Waals surface area contributed by atoms with Crippen LogP contribution < -0.4 is 16.0 Å². The van der Waals surface area contributed by atoms with Gasteiger partial charge in [0.1, 0.15) is 6.54 Å². The third-order valence-electron chi connectivity index (χ3n) is 9.84. The van der Waals surface area contributed by atoms with Crippen LogP contribution in [0.1, 0.15) is 94.1 Å². The first-order valence-corrected chi connectivity index (χ1v) is 16.1. The molecule has 2 aliphatic rings. The Balaban J connectivity index is 1.93. The Morgan fingerprint density at radius 1 is 0.812 bits per heavy atom. The summed E-state index contributed by atoms with van der Waals surface area (Å²) in [5.74, 6) is -1.80. The fourth-order valence-corrected chi connectivity index (χ4v) is 7.00. The van der Waals surface area contributed by atoms with Gasteiger partial charge >= 0.3 is 17.9 Å². The van der Waals surface area contributed by atoms with Crippen molar-refractivity contribution < 1.29 is 28.6 Å². The zero-order chi connectivity index (χ0) is 34.9. The van der Waals surface area contributed by atoms with E-state index in [0.29, 0.717) is 40.2 Å². The van der Waals surface area contributed by atoms with Crippen LogP contribution in [0.25, 0.3) is 23.8 Å². The number of fused-ring (bicyclic) bond motifs is 8. The first-order chi connectivity index (χ1) is 23.0. The van der Waals surface area contributed by atoms with Crippen molar-refractivity contribution in [3.8, 4) is 0 Å². The summed E-state index contributed by atoms with van der Waals surface area (Å²) in [5, 5.41) is 8.54. The average Bonchev–Trinajstić information content (AvgIpc) is 3.75. The number of allylic oxidation sites excluding steroid dienone is 2. The van der Waals surface area contributed by atoms with Crippen LogP contribution in [0.3, 0.4) is 0 Å². The Kier molecular flexibility index (Phi) is 9.92. The van der Waals surface area contributed by atoms with Crippen LogP contribution in [0.5, 0.6) is 0 Å². The molecule has 5 heterocycles. The smallest absolute Gasteiger partial charge is 0.340 e. The monoisotopic (exact) mass is 657 g/mol. The zero-order valence-corrected chi connectivity index (χ0v) is 28.7. The Bertz CT molecular complexity index is 1990. The van der Waals surface area contributed by atoms with Crippen molar-refractivity contribution in [3.63, 3.8) is 0 Å². The summed E-state index contributed by atoms with van der Waals surface area (Å²) in [7, 11) is 4.00. The number of hydrogen-bond donors (Lipinski definition) is 4. The fraction of sp³-hybridized carbons (Fsp3) is 0.417. The van der Waals surface area contributed by atoms with Gasteiger partial charge in [-0.05, 0) is 74.1 Å². The van der Waals surface area contributed by atoms with E-state index in [9.17, 15) is 19.3 Å². The summed E-state index contributed by atoms with van der Waals surface area (Å²) in [6, 6.07) is 0. The van der Waals surface area contributed by atoms with Crippen molar-refractivity contribution in [3.05, 3.63) is 83.2 Å². The second-order valence-corrected chi connectivity index (χ2v) is 12.3. The Labute approximate surface area is 278 Å². The second-order valence-electron chi connectivity index (χ2n) is 12.3. The molecule has 5 rings (SSSR count). The molecule has 4 N–H and O–H groups in total. The minimum Gasteiger partial charge on any atom is -0.469 e. The van der Waals surface area contributed by atoms with Crippen LogP contribution in [0.15, 0.2) is 16.6 Å². The molecule has 0 saturated carbocycles. The molecule has 0 aliphatic carbocycles. The van der Waals surface area contributed by atoms with Gasteiger partial charge in [0.2, 0.25) is 0 Å². The second kappa shape index (κ2) is 13.9. The largest absolute Gasteiger partial charge is 0.469 e. The predicted octanol–water partition coefficient (Wildman–Crippen LogP) is 4.31. The molecule has 2 unspecified atom stereocenters. The van der Waals surface area contributed by atoms with Crippen LogP contribution >= 0.6 is 0 Å². The van der Waals surface area contributed by atoms with E-state index in [1.807, 2.05) is 45.9 Å². The van der Waals surface area contributed by atoms with Gasteiger partial charge in [-0.15, -0.1) is 0 Å². The lowest BCUT2D eigenvalue weighted by Crippen LogP contribution is -2.17. The van der Waals surface area contributed by atoms with Gasteiger partial charge in [0.15, 0.2) is 0 Å². The molecule has 2 aliphatic heterocycles. The third kappa shape index (κ3) is 6.14. The van der Waals surface area contributed by atoms with E-state index in [-0.39, 0.29) is 37.2 Å². The minimum absolute atomic E-state index is 0.00363. The van der Waals surface area contributed by atoms with E-state index < -0.39 is 11.9 Å². The molecule has 0 spiro atoms. The van der Waals surface area contributed by atoms with Crippen LogP contribution in [0.2, 0.25) is 0 Å². The molecule has 8 bridgehead atoms. The number of carbonyl (C=O) groups is 3. The summed E-state index contributed by atoms with van der Waals surface area (Å²) in [5.41, 5.74) is 9.50. The van der Waals surface area contributed by atoms with E-state index >= 15 is 0 Å². The molecule has 254 valence electrons. The topological polar surface area (TPSA) is 168 Å². The van der Waals surface area contributed by atoms with Crippen LogP contribution in [0, 0.1) is 37.5 Å². The first-order valence-electron chi connectivity index (χ1n) is 16.1. The standard InChI is InChI=1S/C36H43N5O7/c1-9-21-17(2)26-14-30-24(16-37-45)19(4)25(39-30)13-27-18(3)22(10-11-31(42)46-6)34(40-27)23(12-32(43)47-7)35-33(36(44)48-8)20(5)28(41-35)15-29(21)38-26/h13-15,18,22,38-41H,9-12,16H2,1-8H3. The predicted molar refractivity (Wildman–Crippen MR) is 182 cm³/mol. The van der Waals surface area contributed by atoms with E-state index in [0.717, 1.165) is 56.5 Å². The molecule has 3 aromatic heterocycles. The van der Waals surface area contributed by atoms with Gasteiger partial charge in [0.05, 0.1) is 39.0 Å². The number of nitrogens with one attached hydrogen (secondary N) is 4. The van der Waals surface area contributed by atoms with Gasteiger partial charge < -0.3 is 34.5 Å². The quantitative estimate of drug-likeness (QED) is 0.150. The highest BCUT2D eigenvalue weighted by Gasteiger charge is 2.37. The molecular formula is C36H43N5O7. The lowest BCUT2D eigenvalue weighted by molar-refractivity contribution is -0.141. The minimum atomic E-state index is -0.551. The van der Waals surface area contributed by atoms with E-state index in [1.165, 1.54) is 21.3 Å².